The number of nitrogens with one attached hydrogen (secondary N) is 4. The molecule has 4 atom stereocenters. The minimum absolute atomic E-state index is 0.0506. The van der Waals surface area contributed by atoms with Gasteiger partial charge < -0.3 is 42.7 Å². The number of aliphatic carboxylic acids is 1. The fourth-order valence-corrected chi connectivity index (χ4v) is 5.84. The molecule has 52 heavy (non-hydrogen) atoms. The predicted octanol–water partition coefficient (Wildman–Crippen LogP) is 0.333. The Kier molecular flexibility index (Phi) is 16.0. The summed E-state index contributed by atoms with van der Waals surface area (Å²) in [5.74, 6) is -5.52. The monoisotopic (exact) mass is 741 g/mol. The number of urea groups is 1. The smallest absolute Gasteiger partial charge is 0.312 e. The molecule has 1 aliphatic heterocycles. The Morgan fingerprint density at radius 2 is 1.50 bits per heavy atom. The molecule has 1 heterocycles. The second-order valence-electron chi connectivity index (χ2n) is 12.3. The second-order valence-corrected chi connectivity index (χ2v) is 12.6. The van der Waals surface area contributed by atoms with E-state index in [0.717, 1.165) is 0 Å². The summed E-state index contributed by atoms with van der Waals surface area (Å²) in [5, 5.41) is 19.3. The molecule has 0 aromatic heterocycles. The summed E-state index contributed by atoms with van der Waals surface area (Å²) in [6.07, 6.45) is 0.857. The van der Waals surface area contributed by atoms with E-state index in [-0.39, 0.29) is 51.0 Å². The summed E-state index contributed by atoms with van der Waals surface area (Å²) in [5.41, 5.74) is 12.1. The van der Waals surface area contributed by atoms with Gasteiger partial charge in [0, 0.05) is 37.1 Å². The molecule has 3 unspecified atom stereocenters. The van der Waals surface area contributed by atoms with E-state index in [9.17, 15) is 43.5 Å². The van der Waals surface area contributed by atoms with E-state index in [2.05, 4.69) is 21.3 Å². The van der Waals surface area contributed by atoms with E-state index in [0.29, 0.717) is 29.5 Å². The van der Waals surface area contributed by atoms with Crippen molar-refractivity contribution in [1.29, 1.82) is 0 Å². The molecule has 1 saturated heterocycles. The van der Waals surface area contributed by atoms with Gasteiger partial charge in [0.25, 0.3) is 0 Å². The Morgan fingerprint density at radius 3 is 2.12 bits per heavy atom. The van der Waals surface area contributed by atoms with E-state index in [4.69, 9.17) is 23.1 Å². The predicted molar refractivity (Wildman–Crippen MR) is 189 cm³/mol. The number of ketones is 1. The Bertz CT molecular complexity index is 1610. The molecule has 17 heteroatoms. The number of carbonyl (C=O) groups is 8. The highest BCUT2D eigenvalue weighted by atomic mass is 35.5. The van der Waals surface area contributed by atoms with Crippen LogP contribution in [0.2, 0.25) is 0 Å². The zero-order valence-corrected chi connectivity index (χ0v) is 29.2. The van der Waals surface area contributed by atoms with Crippen LogP contribution in [0.3, 0.4) is 0 Å². The summed E-state index contributed by atoms with van der Waals surface area (Å²) in [7, 11) is 0. The molecule has 1 fully saturated rings. The highest BCUT2D eigenvalue weighted by Gasteiger charge is 2.38. The Morgan fingerprint density at radius 1 is 0.827 bits per heavy atom. The Balaban J connectivity index is 1.86. The number of amides is 7. The third kappa shape index (κ3) is 12.7. The van der Waals surface area contributed by atoms with Crippen LogP contribution in [0, 0.1) is 0 Å². The summed E-state index contributed by atoms with van der Waals surface area (Å²) < 4.78 is 0. The van der Waals surface area contributed by atoms with Gasteiger partial charge in [-0.1, -0.05) is 54.6 Å². The van der Waals surface area contributed by atoms with Crippen LogP contribution >= 0.6 is 11.6 Å². The van der Waals surface area contributed by atoms with E-state index < -0.39 is 78.0 Å². The molecule has 2 aromatic rings. The zero-order valence-electron chi connectivity index (χ0n) is 28.5. The number of likely N-dealkylation sites (tertiary alicyclic amines) is 1. The molecule has 3 rings (SSSR count). The largest absolute Gasteiger partial charge is 0.481 e. The number of benzene rings is 2. The lowest BCUT2D eigenvalue weighted by Gasteiger charge is -2.37. The number of hydrogen-bond donors (Lipinski definition) is 7. The van der Waals surface area contributed by atoms with Crippen molar-refractivity contribution in [3.05, 3.63) is 71.3 Å². The summed E-state index contributed by atoms with van der Waals surface area (Å²) in [6, 6.07) is 9.55. The highest BCUT2D eigenvalue weighted by molar-refractivity contribution is 6.27. The number of carbonyl (C=O) groups excluding carboxylic acids is 7. The SMILES string of the molecule is NC(=O)NCCCC(NC(=O)C(Cc1ccc(C(=O)c2ccccc2)cc1)NC(=O)[C@@H]1CCCCN1C(=O)C(CCC(=O)O)NC(=O)CCl)C(N)=O. The summed E-state index contributed by atoms with van der Waals surface area (Å²) >= 11 is 5.61. The number of hydrogen-bond acceptors (Lipinski definition) is 8. The Labute approximate surface area is 305 Å². The van der Waals surface area contributed by atoms with Crippen LogP contribution in [0.25, 0.3) is 0 Å². The number of halogens is 1. The quantitative estimate of drug-likeness (QED) is 0.0594. The van der Waals surface area contributed by atoms with Gasteiger partial charge in [0.15, 0.2) is 5.78 Å². The summed E-state index contributed by atoms with van der Waals surface area (Å²) in [6.45, 7) is 0.252. The van der Waals surface area contributed by atoms with Crippen molar-refractivity contribution in [1.82, 2.24) is 26.2 Å². The molecule has 0 saturated carbocycles. The number of alkyl halides is 1. The second kappa shape index (κ2) is 20.4. The van der Waals surface area contributed by atoms with Crippen molar-refractivity contribution in [3.63, 3.8) is 0 Å². The molecular weight excluding hydrogens is 698 g/mol. The first-order chi connectivity index (χ1) is 24.8. The maximum absolute atomic E-state index is 13.9. The number of piperidine rings is 1. The fraction of sp³-hybridized carbons (Fsp3) is 0.429. The van der Waals surface area contributed by atoms with Gasteiger partial charge in [-0.25, -0.2) is 4.79 Å². The van der Waals surface area contributed by atoms with Crippen LogP contribution in [0.15, 0.2) is 54.6 Å². The fourth-order valence-electron chi connectivity index (χ4n) is 5.76. The minimum atomic E-state index is -1.29. The van der Waals surface area contributed by atoms with Crippen molar-refractivity contribution in [2.24, 2.45) is 11.5 Å². The molecule has 1 aliphatic rings. The van der Waals surface area contributed by atoms with E-state index in [1.165, 1.54) is 4.90 Å². The first-order valence-corrected chi connectivity index (χ1v) is 17.3. The van der Waals surface area contributed by atoms with Gasteiger partial charge in [0.1, 0.15) is 30.0 Å². The third-order valence-corrected chi connectivity index (χ3v) is 8.69. The van der Waals surface area contributed by atoms with Crippen molar-refractivity contribution in [2.75, 3.05) is 19.0 Å². The molecular formula is C35H44ClN7O9. The maximum atomic E-state index is 13.9. The van der Waals surface area contributed by atoms with Crippen molar-refractivity contribution < 1.29 is 43.5 Å². The van der Waals surface area contributed by atoms with Crippen LogP contribution in [0.1, 0.15) is 66.4 Å². The minimum Gasteiger partial charge on any atom is -0.481 e. The third-order valence-electron chi connectivity index (χ3n) is 8.44. The van der Waals surface area contributed by atoms with Gasteiger partial charge in [-0.2, -0.15) is 0 Å². The molecule has 0 spiro atoms. The summed E-state index contributed by atoms with van der Waals surface area (Å²) in [4.78, 5) is 102. The molecule has 16 nitrogen and oxygen atoms in total. The van der Waals surface area contributed by atoms with Gasteiger partial charge in [0.05, 0.1) is 0 Å². The number of carboxylic acids is 1. The molecule has 9 N–H and O–H groups in total. The van der Waals surface area contributed by atoms with Gasteiger partial charge in [-0.15, -0.1) is 11.6 Å². The van der Waals surface area contributed by atoms with Gasteiger partial charge >= 0.3 is 12.0 Å². The molecule has 280 valence electrons. The van der Waals surface area contributed by atoms with Crippen LogP contribution < -0.4 is 32.7 Å². The first kappa shape index (κ1) is 40.9. The van der Waals surface area contributed by atoms with Crippen LogP contribution in [-0.4, -0.2) is 100 Å². The topological polar surface area (TPSA) is 260 Å². The lowest BCUT2D eigenvalue weighted by atomic mass is 9.97. The van der Waals surface area contributed by atoms with Gasteiger partial charge in [0.2, 0.25) is 29.5 Å². The lowest BCUT2D eigenvalue weighted by molar-refractivity contribution is -0.146. The number of rotatable bonds is 19. The van der Waals surface area contributed by atoms with Crippen LogP contribution in [0.4, 0.5) is 4.79 Å². The van der Waals surface area contributed by atoms with E-state index in [1.807, 2.05) is 0 Å². The molecule has 0 aliphatic carbocycles. The number of primary amides is 2. The van der Waals surface area contributed by atoms with E-state index in [1.54, 1.807) is 54.6 Å². The number of carboxylic acid groups (broad SMARTS) is 1. The highest BCUT2D eigenvalue weighted by Crippen LogP contribution is 2.21. The maximum Gasteiger partial charge on any atom is 0.312 e. The number of nitrogens with zero attached hydrogens (tertiary/aromatic N) is 1. The average Bonchev–Trinajstić information content (AvgIpc) is 3.13. The van der Waals surface area contributed by atoms with Crippen LogP contribution in [-0.2, 0) is 35.2 Å². The van der Waals surface area contributed by atoms with Gasteiger partial charge in [-0.05, 0) is 44.1 Å². The normalized spacial score (nSPS) is 15.6. The van der Waals surface area contributed by atoms with Crippen LogP contribution in [0.5, 0.6) is 0 Å². The first-order valence-electron chi connectivity index (χ1n) is 16.8. The molecule has 7 amide bonds. The lowest BCUT2D eigenvalue weighted by Crippen LogP contribution is -2.60. The zero-order chi connectivity index (χ0) is 38.2. The molecule has 0 radical (unpaired) electrons. The number of nitrogens with two attached hydrogens (primary N) is 2. The standard InChI is InChI=1S/C35H44ClN7O9/c36-20-28(44)40-25(15-16-29(45)46)34(51)43-18-5-4-10-27(43)33(50)42-26(32(49)41-24(31(37)48)9-6-17-39-35(38)52)19-21-11-13-23(14-12-21)30(47)22-7-2-1-3-8-22/h1-3,7-8,11-14,24-27H,4-6,9-10,15-20H2,(H2,37,48)(H,40,44)(H,41,49)(H,42,50)(H,45,46)(H3,38,39,52)/t24?,25?,26?,27-/m0/s1. The van der Waals surface area contributed by atoms with E-state index >= 15 is 0 Å². The van der Waals surface area contributed by atoms with Crippen molar-refractivity contribution in [2.45, 2.75) is 75.5 Å². The van der Waals surface area contributed by atoms with Crippen molar-refractivity contribution in [3.8, 4) is 0 Å². The molecule has 0 bridgehead atoms. The molecule has 2 aromatic carbocycles. The van der Waals surface area contributed by atoms with Crippen molar-refractivity contribution >= 4 is 58.9 Å². The van der Waals surface area contributed by atoms with Gasteiger partial charge in [-0.3, -0.25) is 33.6 Å². The average molecular weight is 742 g/mol. The Hall–Kier alpha value is -5.51.